The van der Waals surface area contributed by atoms with E-state index in [4.69, 9.17) is 16.3 Å². The third-order valence-electron chi connectivity index (χ3n) is 5.28. The molecule has 0 saturated carbocycles. The Labute approximate surface area is 202 Å². The molecule has 0 bridgehead atoms. The average molecular weight is 484 g/mol. The molecule has 0 unspecified atom stereocenters. The fraction of sp³-hybridized carbons (Fsp3) is 0.304. The number of aliphatic hydroxyl groups excluding tert-OH is 1. The Bertz CT molecular complexity index is 1200. The number of hydrogen-bond acceptors (Lipinski definition) is 10. The summed E-state index contributed by atoms with van der Waals surface area (Å²) < 4.78 is 5.44. The first-order valence-corrected chi connectivity index (χ1v) is 11.1. The molecule has 0 aliphatic carbocycles. The molecule has 1 aliphatic heterocycles. The van der Waals surface area contributed by atoms with Crippen molar-refractivity contribution in [3.05, 3.63) is 57.6 Å². The maximum atomic E-state index is 10.3. The van der Waals surface area contributed by atoms with E-state index in [1.165, 1.54) is 12.3 Å². The minimum atomic E-state index is -0.343. The highest BCUT2D eigenvalue weighted by molar-refractivity contribution is 6.31. The van der Waals surface area contributed by atoms with E-state index in [1.54, 1.807) is 6.07 Å². The normalized spacial score (nSPS) is 13.9. The SMILES string of the molecule is Cc1ccc(C)c(Nc2nc(N/N=C/c3cc(Cl)cc(CO)c3O)nc(N3CCOCC3)n2)c1. The lowest BCUT2D eigenvalue weighted by molar-refractivity contribution is 0.122. The Balaban J connectivity index is 1.62. The number of aromatic hydroxyl groups is 1. The fourth-order valence-electron chi connectivity index (χ4n) is 3.42. The summed E-state index contributed by atoms with van der Waals surface area (Å²) in [5.74, 6) is 0.997. The summed E-state index contributed by atoms with van der Waals surface area (Å²) in [7, 11) is 0. The van der Waals surface area contributed by atoms with Gasteiger partial charge in [0.15, 0.2) is 0 Å². The van der Waals surface area contributed by atoms with E-state index >= 15 is 0 Å². The van der Waals surface area contributed by atoms with Crippen LogP contribution in [0.5, 0.6) is 5.75 Å². The number of morpholine rings is 1. The van der Waals surface area contributed by atoms with Crippen LogP contribution in [0.3, 0.4) is 0 Å². The maximum absolute atomic E-state index is 10.3. The second kappa shape index (κ2) is 10.6. The van der Waals surface area contributed by atoms with E-state index in [0.29, 0.717) is 54.3 Å². The van der Waals surface area contributed by atoms with Gasteiger partial charge in [-0.15, -0.1) is 0 Å². The van der Waals surface area contributed by atoms with Crippen molar-refractivity contribution in [2.45, 2.75) is 20.5 Å². The molecule has 0 atom stereocenters. The first-order chi connectivity index (χ1) is 16.4. The van der Waals surface area contributed by atoms with Crippen LogP contribution in [0.2, 0.25) is 5.02 Å². The number of halogens is 1. The predicted molar refractivity (Wildman–Crippen MR) is 132 cm³/mol. The Morgan fingerprint density at radius 2 is 1.88 bits per heavy atom. The Hall–Kier alpha value is -3.47. The van der Waals surface area contributed by atoms with Gasteiger partial charge in [-0.1, -0.05) is 23.7 Å². The van der Waals surface area contributed by atoms with Crippen LogP contribution in [0.25, 0.3) is 0 Å². The van der Waals surface area contributed by atoms with E-state index in [-0.39, 0.29) is 18.3 Å². The number of aliphatic hydroxyl groups is 1. The molecular weight excluding hydrogens is 458 g/mol. The zero-order valence-electron chi connectivity index (χ0n) is 18.9. The number of hydrogen-bond donors (Lipinski definition) is 4. The average Bonchev–Trinajstić information content (AvgIpc) is 2.84. The van der Waals surface area contributed by atoms with E-state index in [2.05, 4.69) is 30.8 Å². The van der Waals surface area contributed by atoms with Gasteiger partial charge in [0, 0.05) is 34.9 Å². The molecule has 0 amide bonds. The minimum Gasteiger partial charge on any atom is -0.507 e. The van der Waals surface area contributed by atoms with Crippen molar-refractivity contribution < 1.29 is 14.9 Å². The topological polar surface area (TPSA) is 128 Å². The summed E-state index contributed by atoms with van der Waals surface area (Å²) in [6.07, 6.45) is 1.39. The molecule has 34 heavy (non-hydrogen) atoms. The highest BCUT2D eigenvalue weighted by atomic mass is 35.5. The first kappa shape index (κ1) is 23.7. The Morgan fingerprint density at radius 3 is 2.65 bits per heavy atom. The molecule has 11 heteroatoms. The van der Waals surface area contributed by atoms with Crippen molar-refractivity contribution in [3.8, 4) is 5.75 Å². The second-order valence-corrected chi connectivity index (χ2v) is 8.29. The lowest BCUT2D eigenvalue weighted by atomic mass is 10.1. The summed E-state index contributed by atoms with van der Waals surface area (Å²) >= 11 is 6.06. The Kier molecular flexibility index (Phi) is 7.41. The second-order valence-electron chi connectivity index (χ2n) is 7.86. The monoisotopic (exact) mass is 483 g/mol. The number of aromatic nitrogens is 3. The quantitative estimate of drug-likeness (QED) is 0.295. The summed E-state index contributed by atoms with van der Waals surface area (Å²) in [6, 6.07) is 9.14. The third kappa shape index (κ3) is 5.71. The zero-order valence-corrected chi connectivity index (χ0v) is 19.7. The van der Waals surface area contributed by atoms with Gasteiger partial charge in [0.25, 0.3) is 0 Å². The summed E-state index contributed by atoms with van der Waals surface area (Å²) in [4.78, 5) is 15.6. The van der Waals surface area contributed by atoms with E-state index in [1.807, 2.05) is 36.9 Å². The number of aryl methyl sites for hydroxylation is 2. The zero-order chi connectivity index (χ0) is 24.1. The molecule has 2 aromatic carbocycles. The molecule has 0 radical (unpaired) electrons. The van der Waals surface area contributed by atoms with Crippen molar-refractivity contribution in [1.29, 1.82) is 0 Å². The number of benzene rings is 2. The molecule has 1 saturated heterocycles. The van der Waals surface area contributed by atoms with Crippen LogP contribution in [0.1, 0.15) is 22.3 Å². The number of anilines is 4. The van der Waals surface area contributed by atoms with Crippen LogP contribution in [0.4, 0.5) is 23.5 Å². The van der Waals surface area contributed by atoms with Crippen LogP contribution < -0.4 is 15.6 Å². The molecule has 1 aliphatic rings. The van der Waals surface area contributed by atoms with E-state index in [0.717, 1.165) is 16.8 Å². The number of nitrogens with zero attached hydrogens (tertiary/aromatic N) is 5. The van der Waals surface area contributed by atoms with Crippen LogP contribution in [-0.2, 0) is 11.3 Å². The van der Waals surface area contributed by atoms with Gasteiger partial charge in [-0.05, 0) is 43.2 Å². The Morgan fingerprint density at radius 1 is 1.12 bits per heavy atom. The largest absolute Gasteiger partial charge is 0.507 e. The number of phenols is 1. The lowest BCUT2D eigenvalue weighted by Gasteiger charge is -2.27. The van der Waals surface area contributed by atoms with Crippen molar-refractivity contribution >= 4 is 41.3 Å². The number of nitrogens with one attached hydrogen (secondary N) is 2. The highest BCUT2D eigenvalue weighted by Crippen LogP contribution is 2.26. The van der Waals surface area contributed by atoms with Crippen LogP contribution in [-0.4, -0.2) is 57.7 Å². The molecule has 2 heterocycles. The molecule has 4 N–H and O–H groups in total. The third-order valence-corrected chi connectivity index (χ3v) is 5.50. The number of rotatable bonds is 7. The molecule has 1 aromatic heterocycles. The molecule has 1 fully saturated rings. The molecule has 4 rings (SSSR count). The molecule has 10 nitrogen and oxygen atoms in total. The van der Waals surface area contributed by atoms with Crippen molar-refractivity contribution in [1.82, 2.24) is 15.0 Å². The molecule has 0 spiro atoms. The minimum absolute atomic E-state index is 0.0978. The van der Waals surface area contributed by atoms with Gasteiger partial charge in [0.05, 0.1) is 26.0 Å². The van der Waals surface area contributed by atoms with Crippen molar-refractivity contribution in [3.63, 3.8) is 0 Å². The molecule has 178 valence electrons. The number of hydrazone groups is 1. The van der Waals surface area contributed by atoms with Crippen LogP contribution >= 0.6 is 11.6 Å². The first-order valence-electron chi connectivity index (χ1n) is 10.8. The van der Waals surface area contributed by atoms with Gasteiger partial charge in [-0.25, -0.2) is 5.43 Å². The summed E-state index contributed by atoms with van der Waals surface area (Å²) in [5.41, 5.74) is 6.53. The van der Waals surface area contributed by atoms with Gasteiger partial charge in [-0.2, -0.15) is 20.1 Å². The van der Waals surface area contributed by atoms with Gasteiger partial charge in [-0.3, -0.25) is 0 Å². The van der Waals surface area contributed by atoms with E-state index in [9.17, 15) is 10.2 Å². The van der Waals surface area contributed by atoms with Crippen molar-refractivity contribution in [2.75, 3.05) is 41.9 Å². The van der Waals surface area contributed by atoms with Gasteiger partial charge in [0.1, 0.15) is 5.75 Å². The van der Waals surface area contributed by atoms with E-state index < -0.39 is 0 Å². The number of ether oxygens (including phenoxy) is 1. The maximum Gasteiger partial charge on any atom is 0.250 e. The van der Waals surface area contributed by atoms with Crippen LogP contribution in [0.15, 0.2) is 35.4 Å². The van der Waals surface area contributed by atoms with Crippen LogP contribution in [0, 0.1) is 13.8 Å². The lowest BCUT2D eigenvalue weighted by Crippen LogP contribution is -2.37. The van der Waals surface area contributed by atoms with Gasteiger partial charge in [0.2, 0.25) is 17.8 Å². The standard InChI is InChI=1S/C23H26ClN7O3/c1-14-3-4-15(2)19(9-14)26-21-27-22(29-23(28-21)31-5-7-34-8-6-31)30-25-12-16-10-18(24)11-17(13-32)20(16)33/h3-4,9-12,32-33H,5-8,13H2,1-2H3,(H2,26,27,28,29,30)/b25-12+. The van der Waals surface area contributed by atoms with Crippen molar-refractivity contribution in [2.24, 2.45) is 5.10 Å². The molecular formula is C23H26ClN7O3. The molecule has 3 aromatic rings. The van der Waals surface area contributed by atoms with Gasteiger partial charge >= 0.3 is 0 Å². The smallest absolute Gasteiger partial charge is 0.250 e. The van der Waals surface area contributed by atoms with Gasteiger partial charge < -0.3 is 25.2 Å². The highest BCUT2D eigenvalue weighted by Gasteiger charge is 2.17. The summed E-state index contributed by atoms with van der Waals surface area (Å²) in [5, 5.41) is 27.5. The fourth-order valence-corrected chi connectivity index (χ4v) is 3.67. The summed E-state index contributed by atoms with van der Waals surface area (Å²) in [6.45, 7) is 6.19. The predicted octanol–water partition coefficient (Wildman–Crippen LogP) is 3.37.